The highest BCUT2D eigenvalue weighted by molar-refractivity contribution is 5.84. The molecule has 9 heteroatoms. The molecule has 8 nitrogen and oxygen atoms in total. The Labute approximate surface area is 185 Å². The third-order valence-corrected chi connectivity index (χ3v) is 5.87. The van der Waals surface area contributed by atoms with Gasteiger partial charge in [0, 0.05) is 50.4 Å². The maximum Gasteiger partial charge on any atom is 0.226 e. The van der Waals surface area contributed by atoms with Gasteiger partial charge in [0.25, 0.3) is 0 Å². The molecular formula is C23H25FN6O2. The van der Waals surface area contributed by atoms with E-state index in [0.29, 0.717) is 31.3 Å². The largest absolute Gasteiger partial charge is 0.369 e. The average Bonchev–Trinajstić information content (AvgIpc) is 3.44. The number of aryl methyl sites for hydroxylation is 2. The van der Waals surface area contributed by atoms with E-state index in [1.165, 1.54) is 18.0 Å². The molecule has 1 atom stereocenters. The molecule has 32 heavy (non-hydrogen) atoms. The number of morpholine rings is 1. The molecule has 1 aromatic carbocycles. The van der Waals surface area contributed by atoms with E-state index in [1.807, 2.05) is 13.0 Å². The van der Waals surface area contributed by atoms with Crippen molar-refractivity contribution in [3.63, 3.8) is 0 Å². The second-order valence-corrected chi connectivity index (χ2v) is 7.88. The Morgan fingerprint density at radius 2 is 2.16 bits per heavy atom. The molecule has 1 saturated heterocycles. The van der Waals surface area contributed by atoms with Gasteiger partial charge in [-0.15, -0.1) is 0 Å². The molecule has 0 amide bonds. The van der Waals surface area contributed by atoms with Crippen molar-refractivity contribution in [1.29, 1.82) is 0 Å². The molecule has 1 fully saturated rings. The Balaban J connectivity index is 1.40. The summed E-state index contributed by atoms with van der Waals surface area (Å²) in [6.07, 6.45) is 5.78. The van der Waals surface area contributed by atoms with Gasteiger partial charge < -0.3 is 13.8 Å². The van der Waals surface area contributed by atoms with Crippen molar-refractivity contribution in [3.05, 3.63) is 59.9 Å². The Kier molecular flexibility index (Phi) is 5.67. The molecule has 0 aliphatic carbocycles. The minimum Gasteiger partial charge on any atom is -0.369 e. The van der Waals surface area contributed by atoms with Crippen LogP contribution in [-0.4, -0.2) is 49.3 Å². The first-order valence-corrected chi connectivity index (χ1v) is 10.9. The van der Waals surface area contributed by atoms with Crippen molar-refractivity contribution in [2.75, 3.05) is 19.7 Å². The van der Waals surface area contributed by atoms with Crippen LogP contribution >= 0.6 is 0 Å². The molecule has 4 heterocycles. The first-order valence-electron chi connectivity index (χ1n) is 10.9. The number of hydrogen-bond acceptors (Lipinski definition) is 7. The van der Waals surface area contributed by atoms with E-state index in [0.717, 1.165) is 41.8 Å². The number of fused-ring (bicyclic) bond motifs is 1. The van der Waals surface area contributed by atoms with Crippen LogP contribution in [0.25, 0.3) is 22.3 Å². The predicted molar refractivity (Wildman–Crippen MR) is 116 cm³/mol. The van der Waals surface area contributed by atoms with Crippen molar-refractivity contribution in [2.24, 2.45) is 0 Å². The molecule has 5 rings (SSSR count). The van der Waals surface area contributed by atoms with Crippen LogP contribution in [0.3, 0.4) is 0 Å². The summed E-state index contributed by atoms with van der Waals surface area (Å²) in [4.78, 5) is 15.4. The summed E-state index contributed by atoms with van der Waals surface area (Å²) >= 11 is 0. The van der Waals surface area contributed by atoms with Crippen LogP contribution in [0, 0.1) is 5.82 Å². The molecule has 0 N–H and O–H groups in total. The Bertz CT molecular complexity index is 1240. The van der Waals surface area contributed by atoms with E-state index in [9.17, 15) is 4.39 Å². The monoisotopic (exact) mass is 436 g/mol. The standard InChI is InChI=1S/C23H25FN6O2/c1-3-21-27-23(28-32-21)18-10-25-14-26-22(18)20-13-29(7-8-31-20)11-15-12-30(4-2)19-9-16(24)5-6-17(15)19/h5-6,9-10,12,14,20H,3-4,7-8,11,13H2,1-2H3. The predicted octanol–water partition coefficient (Wildman–Crippen LogP) is 3.78. The molecule has 3 aromatic heterocycles. The van der Waals surface area contributed by atoms with Crippen molar-refractivity contribution in [2.45, 2.75) is 39.5 Å². The first-order chi connectivity index (χ1) is 15.7. The number of hydrogen-bond donors (Lipinski definition) is 0. The van der Waals surface area contributed by atoms with Gasteiger partial charge >= 0.3 is 0 Å². The molecule has 1 aliphatic rings. The van der Waals surface area contributed by atoms with Crippen molar-refractivity contribution in [3.8, 4) is 11.4 Å². The zero-order valence-corrected chi connectivity index (χ0v) is 18.2. The van der Waals surface area contributed by atoms with Crippen molar-refractivity contribution >= 4 is 10.9 Å². The smallest absolute Gasteiger partial charge is 0.226 e. The van der Waals surface area contributed by atoms with Crippen LogP contribution in [0.1, 0.15) is 37.1 Å². The quantitative estimate of drug-likeness (QED) is 0.455. The summed E-state index contributed by atoms with van der Waals surface area (Å²) in [6.45, 7) is 7.63. The van der Waals surface area contributed by atoms with Crippen LogP contribution in [0.5, 0.6) is 0 Å². The van der Waals surface area contributed by atoms with Crippen LogP contribution in [-0.2, 0) is 24.2 Å². The number of halogens is 1. The summed E-state index contributed by atoms with van der Waals surface area (Å²) in [5.74, 6) is 0.836. The Morgan fingerprint density at radius 3 is 2.97 bits per heavy atom. The SMILES string of the molecule is CCc1nc(-c2cncnc2C2CN(Cc3cn(CC)c4cc(F)ccc34)CCO2)no1. The van der Waals surface area contributed by atoms with Crippen molar-refractivity contribution in [1.82, 2.24) is 29.6 Å². The van der Waals surface area contributed by atoms with Gasteiger partial charge in [-0.1, -0.05) is 12.1 Å². The van der Waals surface area contributed by atoms with E-state index >= 15 is 0 Å². The second kappa shape index (κ2) is 8.76. The summed E-state index contributed by atoms with van der Waals surface area (Å²) < 4.78 is 27.2. The Hall–Kier alpha value is -3.17. The van der Waals surface area contributed by atoms with E-state index < -0.39 is 0 Å². The molecule has 1 aliphatic heterocycles. The van der Waals surface area contributed by atoms with Gasteiger partial charge in [-0.05, 0) is 30.7 Å². The minimum atomic E-state index is -0.234. The minimum absolute atomic E-state index is 0.215. The number of aromatic nitrogens is 5. The van der Waals surface area contributed by atoms with E-state index in [2.05, 4.69) is 42.7 Å². The highest BCUT2D eigenvalue weighted by atomic mass is 19.1. The fourth-order valence-corrected chi connectivity index (χ4v) is 4.26. The van der Waals surface area contributed by atoms with Gasteiger partial charge in [0.15, 0.2) is 0 Å². The summed E-state index contributed by atoms with van der Waals surface area (Å²) in [6, 6.07) is 5.00. The molecule has 4 aromatic rings. The van der Waals surface area contributed by atoms with Gasteiger partial charge in [0.05, 0.1) is 23.4 Å². The van der Waals surface area contributed by atoms with Gasteiger partial charge in [0.2, 0.25) is 11.7 Å². The average molecular weight is 436 g/mol. The zero-order chi connectivity index (χ0) is 22.1. The molecule has 0 saturated carbocycles. The van der Waals surface area contributed by atoms with E-state index in [4.69, 9.17) is 9.26 Å². The molecule has 0 spiro atoms. The topological polar surface area (TPSA) is 82.1 Å². The zero-order valence-electron chi connectivity index (χ0n) is 18.2. The highest BCUT2D eigenvalue weighted by Crippen LogP contribution is 2.30. The van der Waals surface area contributed by atoms with E-state index in [1.54, 1.807) is 12.3 Å². The van der Waals surface area contributed by atoms with Crippen LogP contribution < -0.4 is 0 Å². The molecule has 0 bridgehead atoms. The first kappa shape index (κ1) is 20.7. The van der Waals surface area contributed by atoms with Gasteiger partial charge in [-0.3, -0.25) is 4.90 Å². The third-order valence-electron chi connectivity index (χ3n) is 5.87. The van der Waals surface area contributed by atoms with Crippen molar-refractivity contribution < 1.29 is 13.7 Å². The van der Waals surface area contributed by atoms with Gasteiger partial charge in [-0.2, -0.15) is 4.98 Å². The molecule has 166 valence electrons. The lowest BCUT2D eigenvalue weighted by Crippen LogP contribution is -2.38. The van der Waals surface area contributed by atoms with Gasteiger partial charge in [0.1, 0.15) is 18.2 Å². The molecule has 0 radical (unpaired) electrons. The van der Waals surface area contributed by atoms with Crippen LogP contribution in [0.4, 0.5) is 4.39 Å². The lowest BCUT2D eigenvalue weighted by Gasteiger charge is -2.33. The van der Waals surface area contributed by atoms with Gasteiger partial charge in [-0.25, -0.2) is 14.4 Å². The lowest BCUT2D eigenvalue weighted by molar-refractivity contribution is -0.0346. The van der Waals surface area contributed by atoms with E-state index in [-0.39, 0.29) is 11.9 Å². The fraction of sp³-hybridized carbons (Fsp3) is 0.391. The lowest BCUT2D eigenvalue weighted by atomic mass is 10.1. The second-order valence-electron chi connectivity index (χ2n) is 7.88. The number of nitrogens with zero attached hydrogens (tertiary/aromatic N) is 6. The summed E-state index contributed by atoms with van der Waals surface area (Å²) in [7, 11) is 0. The van der Waals surface area contributed by atoms with Crippen LogP contribution in [0.15, 0.2) is 41.4 Å². The number of benzene rings is 1. The fourth-order valence-electron chi connectivity index (χ4n) is 4.26. The Morgan fingerprint density at radius 1 is 1.25 bits per heavy atom. The highest BCUT2D eigenvalue weighted by Gasteiger charge is 2.28. The maximum absolute atomic E-state index is 13.8. The summed E-state index contributed by atoms with van der Waals surface area (Å²) in [5, 5.41) is 5.17. The molecule has 1 unspecified atom stereocenters. The third kappa shape index (κ3) is 3.89. The summed E-state index contributed by atoms with van der Waals surface area (Å²) in [5.41, 5.74) is 3.58. The van der Waals surface area contributed by atoms with Crippen LogP contribution in [0.2, 0.25) is 0 Å². The maximum atomic E-state index is 13.8. The normalized spacial score (nSPS) is 17.3. The molecular weight excluding hydrogens is 411 g/mol. The number of rotatable bonds is 6. The number of ether oxygens (including phenoxy) is 1.